The van der Waals surface area contributed by atoms with E-state index in [1.165, 1.54) is 0 Å². The number of rotatable bonds is 9. The minimum Gasteiger partial charge on any atom is -0.377 e. The zero-order valence-electron chi connectivity index (χ0n) is 16.0. The normalized spacial score (nSPS) is 10.8. The standard InChI is InChI=1S/C24H25NO3/c1-2-27-17-21-15-9-10-16-22(21)25-23(26)18-28-24(19-11-5-3-6-12-19)20-13-7-4-8-14-20/h3-16,24H,2,17-18H2,1H3,(H,25,26). The number of ether oxygens (including phenoxy) is 2. The third kappa shape index (κ3) is 5.52. The van der Waals surface area contributed by atoms with Gasteiger partial charge in [-0.1, -0.05) is 78.9 Å². The van der Waals surface area contributed by atoms with E-state index in [1.807, 2.05) is 91.9 Å². The van der Waals surface area contributed by atoms with Crippen molar-refractivity contribution in [2.45, 2.75) is 19.6 Å². The van der Waals surface area contributed by atoms with E-state index in [4.69, 9.17) is 9.47 Å². The van der Waals surface area contributed by atoms with E-state index in [0.29, 0.717) is 13.2 Å². The fraction of sp³-hybridized carbons (Fsp3) is 0.208. The number of benzene rings is 3. The molecule has 1 amide bonds. The largest absolute Gasteiger partial charge is 0.377 e. The molecule has 3 aromatic carbocycles. The van der Waals surface area contributed by atoms with Crippen LogP contribution in [0.1, 0.15) is 29.7 Å². The minimum absolute atomic E-state index is 0.0442. The quantitative estimate of drug-likeness (QED) is 0.574. The van der Waals surface area contributed by atoms with E-state index < -0.39 is 0 Å². The first-order chi connectivity index (χ1) is 13.8. The van der Waals surface area contributed by atoms with Crippen LogP contribution < -0.4 is 5.32 Å². The van der Waals surface area contributed by atoms with Gasteiger partial charge in [-0.05, 0) is 24.1 Å². The predicted molar refractivity (Wildman–Crippen MR) is 111 cm³/mol. The molecular weight excluding hydrogens is 350 g/mol. The Morgan fingerprint density at radius 1 is 0.857 bits per heavy atom. The third-order valence-corrected chi connectivity index (χ3v) is 4.34. The molecule has 0 fully saturated rings. The van der Waals surface area contributed by atoms with Crippen LogP contribution in [0.2, 0.25) is 0 Å². The molecule has 0 unspecified atom stereocenters. The van der Waals surface area contributed by atoms with Crippen molar-refractivity contribution in [3.05, 3.63) is 102 Å². The van der Waals surface area contributed by atoms with Crippen molar-refractivity contribution < 1.29 is 14.3 Å². The lowest BCUT2D eigenvalue weighted by Gasteiger charge is -2.19. The van der Waals surface area contributed by atoms with E-state index in [0.717, 1.165) is 22.4 Å². The number of anilines is 1. The van der Waals surface area contributed by atoms with Crippen molar-refractivity contribution in [1.82, 2.24) is 0 Å². The maximum absolute atomic E-state index is 12.5. The van der Waals surface area contributed by atoms with Crippen molar-refractivity contribution in [1.29, 1.82) is 0 Å². The molecule has 3 rings (SSSR count). The van der Waals surface area contributed by atoms with Crippen LogP contribution in [-0.4, -0.2) is 19.1 Å². The second-order valence-electron chi connectivity index (χ2n) is 6.35. The molecule has 4 nitrogen and oxygen atoms in total. The number of nitrogens with one attached hydrogen (secondary N) is 1. The second kappa shape index (κ2) is 10.4. The molecule has 0 saturated carbocycles. The summed E-state index contributed by atoms with van der Waals surface area (Å²) in [7, 11) is 0. The zero-order chi connectivity index (χ0) is 19.6. The van der Waals surface area contributed by atoms with Gasteiger partial charge in [-0.15, -0.1) is 0 Å². The van der Waals surface area contributed by atoms with Crippen molar-refractivity contribution in [2.75, 3.05) is 18.5 Å². The average Bonchev–Trinajstić information content (AvgIpc) is 2.75. The fourth-order valence-corrected chi connectivity index (χ4v) is 2.97. The highest BCUT2D eigenvalue weighted by Gasteiger charge is 2.16. The number of hydrogen-bond donors (Lipinski definition) is 1. The first-order valence-corrected chi connectivity index (χ1v) is 9.45. The van der Waals surface area contributed by atoms with Gasteiger partial charge in [0.15, 0.2) is 0 Å². The van der Waals surface area contributed by atoms with Crippen LogP contribution in [-0.2, 0) is 20.9 Å². The Bertz CT molecular complexity index is 826. The van der Waals surface area contributed by atoms with Crippen molar-refractivity contribution >= 4 is 11.6 Å². The number of para-hydroxylation sites is 1. The van der Waals surface area contributed by atoms with E-state index >= 15 is 0 Å². The number of carbonyl (C=O) groups is 1. The molecular formula is C24H25NO3. The van der Waals surface area contributed by atoms with E-state index in [-0.39, 0.29) is 18.6 Å². The van der Waals surface area contributed by atoms with Crippen LogP contribution in [0.3, 0.4) is 0 Å². The second-order valence-corrected chi connectivity index (χ2v) is 6.35. The van der Waals surface area contributed by atoms with E-state index in [1.54, 1.807) is 0 Å². The summed E-state index contributed by atoms with van der Waals surface area (Å²) in [5, 5.41) is 2.93. The Labute approximate surface area is 166 Å². The van der Waals surface area contributed by atoms with E-state index in [2.05, 4.69) is 5.32 Å². The summed E-state index contributed by atoms with van der Waals surface area (Å²) >= 11 is 0. The highest BCUT2D eigenvalue weighted by molar-refractivity contribution is 5.92. The maximum atomic E-state index is 12.5. The first-order valence-electron chi connectivity index (χ1n) is 9.45. The van der Waals surface area contributed by atoms with Crippen LogP contribution in [0.5, 0.6) is 0 Å². The van der Waals surface area contributed by atoms with Gasteiger partial charge in [0.25, 0.3) is 0 Å². The van der Waals surface area contributed by atoms with Gasteiger partial charge in [-0.3, -0.25) is 4.79 Å². The van der Waals surface area contributed by atoms with Gasteiger partial charge in [0, 0.05) is 17.9 Å². The van der Waals surface area contributed by atoms with Crippen LogP contribution in [0.15, 0.2) is 84.9 Å². The molecule has 0 aromatic heterocycles. The number of carbonyl (C=O) groups excluding carboxylic acids is 1. The monoisotopic (exact) mass is 375 g/mol. The Balaban J connectivity index is 1.68. The molecule has 0 atom stereocenters. The molecule has 0 radical (unpaired) electrons. The summed E-state index contributed by atoms with van der Waals surface area (Å²) in [6.07, 6.45) is -0.299. The van der Waals surface area contributed by atoms with Gasteiger partial charge >= 0.3 is 0 Å². The minimum atomic E-state index is -0.299. The Hall–Kier alpha value is -2.95. The lowest BCUT2D eigenvalue weighted by molar-refractivity contribution is -0.121. The van der Waals surface area contributed by atoms with Crippen LogP contribution in [0, 0.1) is 0 Å². The van der Waals surface area contributed by atoms with Gasteiger partial charge < -0.3 is 14.8 Å². The molecule has 0 bridgehead atoms. The number of amides is 1. The SMILES string of the molecule is CCOCc1ccccc1NC(=O)COC(c1ccccc1)c1ccccc1. The highest BCUT2D eigenvalue weighted by Crippen LogP contribution is 2.26. The average molecular weight is 375 g/mol. The van der Waals surface area contributed by atoms with Gasteiger partial charge in [-0.25, -0.2) is 0 Å². The summed E-state index contributed by atoms with van der Waals surface area (Å²) in [6.45, 7) is 2.99. The number of hydrogen-bond acceptors (Lipinski definition) is 3. The van der Waals surface area contributed by atoms with Crippen LogP contribution >= 0.6 is 0 Å². The molecule has 0 aliphatic rings. The predicted octanol–water partition coefficient (Wildman–Crippen LogP) is 4.97. The summed E-state index contributed by atoms with van der Waals surface area (Å²) < 4.78 is 11.5. The van der Waals surface area contributed by atoms with Crippen LogP contribution in [0.4, 0.5) is 5.69 Å². The van der Waals surface area contributed by atoms with Crippen molar-refractivity contribution in [2.24, 2.45) is 0 Å². The highest BCUT2D eigenvalue weighted by atomic mass is 16.5. The molecule has 0 aliphatic heterocycles. The zero-order valence-corrected chi connectivity index (χ0v) is 16.0. The molecule has 0 spiro atoms. The summed E-state index contributed by atoms with van der Waals surface area (Å²) in [5.74, 6) is -0.194. The Kier molecular flexibility index (Phi) is 7.36. The first kappa shape index (κ1) is 19.8. The van der Waals surface area contributed by atoms with Crippen molar-refractivity contribution in [3.8, 4) is 0 Å². The lowest BCUT2D eigenvalue weighted by atomic mass is 10.0. The Morgan fingerprint density at radius 3 is 2.04 bits per heavy atom. The van der Waals surface area contributed by atoms with Gasteiger partial charge in [0.1, 0.15) is 12.7 Å². The van der Waals surface area contributed by atoms with Crippen molar-refractivity contribution in [3.63, 3.8) is 0 Å². The van der Waals surface area contributed by atoms with Crippen LogP contribution in [0.25, 0.3) is 0 Å². The van der Waals surface area contributed by atoms with Gasteiger partial charge in [0.2, 0.25) is 5.91 Å². The Morgan fingerprint density at radius 2 is 1.43 bits per heavy atom. The molecule has 1 N–H and O–H groups in total. The third-order valence-electron chi connectivity index (χ3n) is 4.34. The molecule has 0 aliphatic carbocycles. The molecule has 0 saturated heterocycles. The summed E-state index contributed by atoms with van der Waals surface area (Å²) in [5.41, 5.74) is 3.72. The summed E-state index contributed by atoms with van der Waals surface area (Å²) in [4.78, 5) is 12.5. The smallest absolute Gasteiger partial charge is 0.250 e. The van der Waals surface area contributed by atoms with E-state index in [9.17, 15) is 4.79 Å². The lowest BCUT2D eigenvalue weighted by Crippen LogP contribution is -2.21. The molecule has 0 heterocycles. The maximum Gasteiger partial charge on any atom is 0.250 e. The summed E-state index contributed by atoms with van der Waals surface area (Å²) in [6, 6.07) is 27.5. The fourth-order valence-electron chi connectivity index (χ4n) is 2.97. The molecule has 4 heteroatoms. The molecule has 144 valence electrons. The molecule has 28 heavy (non-hydrogen) atoms. The van der Waals surface area contributed by atoms with Gasteiger partial charge in [0.05, 0.1) is 6.61 Å². The van der Waals surface area contributed by atoms with Gasteiger partial charge in [-0.2, -0.15) is 0 Å². The topological polar surface area (TPSA) is 47.6 Å². The molecule has 3 aromatic rings.